The van der Waals surface area contributed by atoms with Crippen LogP contribution in [0.15, 0.2) is 11.6 Å². The number of Topliss-reactive ketones (excluding diaryl/α,β-unsaturated/α-hetero) is 1. The first-order valence-electron chi connectivity index (χ1n) is 11.6. The lowest BCUT2D eigenvalue weighted by Crippen LogP contribution is -2.69. The lowest BCUT2D eigenvalue weighted by atomic mass is 9.44. The molecule has 0 spiro atoms. The minimum Gasteiger partial charge on any atom is -0.390 e. The summed E-state index contributed by atoms with van der Waals surface area (Å²) in [6.45, 7) is 5.50. The summed E-state index contributed by atoms with van der Waals surface area (Å²) in [5, 5.41) is 22.9. The van der Waals surface area contributed by atoms with Crippen LogP contribution in [0.3, 0.4) is 0 Å². The Morgan fingerprint density at radius 3 is 2.68 bits per heavy atom. The fourth-order valence-corrected chi connectivity index (χ4v) is 7.62. The van der Waals surface area contributed by atoms with Gasteiger partial charge in [0.2, 0.25) is 0 Å². The van der Waals surface area contributed by atoms with Gasteiger partial charge in [-0.3, -0.25) is 9.59 Å². The number of hydrogen-bond donors (Lipinski definition) is 2. The van der Waals surface area contributed by atoms with E-state index in [1.807, 2.05) is 20.8 Å². The van der Waals surface area contributed by atoms with Crippen molar-refractivity contribution in [2.45, 2.75) is 93.6 Å². The molecule has 0 aromatic carbocycles. The lowest BCUT2D eigenvalue weighted by molar-refractivity contribution is -0.227. The molecule has 5 nitrogen and oxygen atoms in total. The zero-order valence-electron chi connectivity index (χ0n) is 18.6. The molecular weight excluding hydrogens is 514 g/mol. The van der Waals surface area contributed by atoms with Crippen molar-refractivity contribution in [3.8, 4) is 0 Å². The SMILES string of the molecule is CCC(I)OCC(=O)[C@@]1(O)CC[C@H]2[C@@H]3CCC4=CC(=O)CC[C@]4(C)[C@@]3(F)[C@@H](O)C[C@@]21C. The van der Waals surface area contributed by atoms with Gasteiger partial charge in [-0.25, -0.2) is 4.39 Å². The fourth-order valence-electron chi connectivity index (χ4n) is 7.44. The van der Waals surface area contributed by atoms with E-state index in [0.717, 1.165) is 12.0 Å². The van der Waals surface area contributed by atoms with Crippen molar-refractivity contribution in [3.63, 3.8) is 0 Å². The summed E-state index contributed by atoms with van der Waals surface area (Å²) in [4.78, 5) is 25.1. The molecule has 4 aliphatic rings. The van der Waals surface area contributed by atoms with Gasteiger partial charge in [-0.05, 0) is 56.9 Å². The highest BCUT2D eigenvalue weighted by atomic mass is 127. The van der Waals surface area contributed by atoms with E-state index in [2.05, 4.69) is 22.6 Å². The van der Waals surface area contributed by atoms with E-state index in [9.17, 15) is 19.8 Å². The highest BCUT2D eigenvalue weighted by molar-refractivity contribution is 14.1. The molecule has 0 saturated heterocycles. The average molecular weight is 548 g/mol. The molecule has 31 heavy (non-hydrogen) atoms. The van der Waals surface area contributed by atoms with Gasteiger partial charge in [-0.15, -0.1) is 0 Å². The van der Waals surface area contributed by atoms with Crippen LogP contribution in [-0.2, 0) is 14.3 Å². The number of aliphatic hydroxyl groups is 2. The van der Waals surface area contributed by atoms with Crippen LogP contribution in [0.1, 0.15) is 72.1 Å². The number of ether oxygens (including phenoxy) is 1. The Morgan fingerprint density at radius 1 is 1.29 bits per heavy atom. The molecule has 0 bridgehead atoms. The van der Waals surface area contributed by atoms with Gasteiger partial charge in [0, 0.05) is 23.2 Å². The Hall–Kier alpha value is -0.380. The number of ketones is 2. The number of halogens is 2. The van der Waals surface area contributed by atoms with E-state index >= 15 is 4.39 Å². The van der Waals surface area contributed by atoms with Crippen molar-refractivity contribution in [2.24, 2.45) is 22.7 Å². The Kier molecular flexibility index (Phi) is 6.01. The molecule has 0 heterocycles. The van der Waals surface area contributed by atoms with Crippen LogP contribution in [0, 0.1) is 22.7 Å². The van der Waals surface area contributed by atoms with E-state index in [1.165, 1.54) is 0 Å². The van der Waals surface area contributed by atoms with Crippen LogP contribution >= 0.6 is 22.6 Å². The van der Waals surface area contributed by atoms with Crippen LogP contribution in [0.25, 0.3) is 0 Å². The fraction of sp³-hybridized carbons (Fsp3) is 0.833. The maximum atomic E-state index is 17.0. The molecule has 2 N–H and O–H groups in total. The molecule has 4 rings (SSSR count). The lowest BCUT2D eigenvalue weighted by Gasteiger charge is -2.63. The Morgan fingerprint density at radius 2 is 2.00 bits per heavy atom. The Balaban J connectivity index is 1.67. The highest BCUT2D eigenvalue weighted by Crippen LogP contribution is 2.70. The van der Waals surface area contributed by atoms with Crippen LogP contribution in [-0.4, -0.2) is 49.9 Å². The normalized spacial score (nSPS) is 47.8. The second-order valence-electron chi connectivity index (χ2n) is 10.6. The molecular formula is C24H34FIO5. The van der Waals surface area contributed by atoms with Crippen LogP contribution in [0.2, 0.25) is 0 Å². The molecule has 7 heteroatoms. The summed E-state index contributed by atoms with van der Waals surface area (Å²) in [5.74, 6) is -0.983. The van der Waals surface area contributed by atoms with Crippen LogP contribution < -0.4 is 0 Å². The van der Waals surface area contributed by atoms with Gasteiger partial charge in [-0.2, -0.15) is 0 Å². The number of fused-ring (bicyclic) bond motifs is 5. The second-order valence-corrected chi connectivity index (χ2v) is 12.0. The highest BCUT2D eigenvalue weighted by Gasteiger charge is 2.74. The van der Waals surface area contributed by atoms with Crippen molar-refractivity contribution in [1.82, 2.24) is 0 Å². The van der Waals surface area contributed by atoms with Crippen molar-refractivity contribution in [1.29, 1.82) is 0 Å². The minimum atomic E-state index is -1.86. The summed E-state index contributed by atoms with van der Waals surface area (Å²) < 4.78 is 22.5. The third-order valence-electron chi connectivity index (χ3n) is 9.37. The van der Waals surface area contributed by atoms with Gasteiger partial charge in [-0.1, -0.05) is 48.9 Å². The van der Waals surface area contributed by atoms with Crippen molar-refractivity contribution < 1.29 is 28.9 Å². The summed E-state index contributed by atoms with van der Waals surface area (Å²) in [6.07, 6.45) is 3.75. The van der Waals surface area contributed by atoms with E-state index in [4.69, 9.17) is 4.74 Å². The molecule has 0 amide bonds. The van der Waals surface area contributed by atoms with Crippen LogP contribution in [0.5, 0.6) is 0 Å². The maximum absolute atomic E-state index is 17.0. The maximum Gasteiger partial charge on any atom is 0.190 e. The predicted molar refractivity (Wildman–Crippen MR) is 122 cm³/mol. The molecule has 8 atom stereocenters. The first-order valence-corrected chi connectivity index (χ1v) is 12.8. The molecule has 4 aliphatic carbocycles. The molecule has 0 radical (unpaired) electrons. The topological polar surface area (TPSA) is 83.8 Å². The smallest absolute Gasteiger partial charge is 0.190 e. The quantitative estimate of drug-likeness (QED) is 0.400. The third-order valence-corrected chi connectivity index (χ3v) is 10.6. The van der Waals surface area contributed by atoms with Gasteiger partial charge in [0.15, 0.2) is 11.6 Å². The third kappa shape index (κ3) is 3.16. The monoisotopic (exact) mass is 548 g/mol. The van der Waals surface area contributed by atoms with Crippen molar-refractivity contribution in [3.05, 3.63) is 11.6 Å². The number of carbonyl (C=O) groups excluding carboxylic acids is 2. The summed E-state index contributed by atoms with van der Waals surface area (Å²) >= 11 is 2.12. The summed E-state index contributed by atoms with van der Waals surface area (Å²) in [6, 6.07) is 0. The van der Waals surface area contributed by atoms with Gasteiger partial charge in [0.05, 0.1) is 6.10 Å². The van der Waals surface area contributed by atoms with E-state index in [1.54, 1.807) is 6.08 Å². The predicted octanol–water partition coefficient (Wildman–Crippen LogP) is 4.07. The molecule has 0 aromatic rings. The number of hydrogen-bond acceptors (Lipinski definition) is 5. The summed E-state index contributed by atoms with van der Waals surface area (Å²) in [5.41, 5.74) is -4.45. The largest absolute Gasteiger partial charge is 0.390 e. The molecule has 174 valence electrons. The Labute approximate surface area is 197 Å². The average Bonchev–Trinajstić information content (AvgIpc) is 2.99. The summed E-state index contributed by atoms with van der Waals surface area (Å²) in [7, 11) is 0. The number of allylic oxidation sites excluding steroid dienone is 1. The zero-order valence-corrected chi connectivity index (χ0v) is 20.8. The van der Waals surface area contributed by atoms with Crippen molar-refractivity contribution >= 4 is 34.2 Å². The van der Waals surface area contributed by atoms with Gasteiger partial charge in [0.25, 0.3) is 0 Å². The second kappa shape index (κ2) is 7.84. The number of alkyl halides is 2. The zero-order chi connectivity index (χ0) is 22.8. The molecule has 3 saturated carbocycles. The minimum absolute atomic E-state index is 0.0329. The van der Waals surface area contributed by atoms with Crippen LogP contribution in [0.4, 0.5) is 4.39 Å². The van der Waals surface area contributed by atoms with Gasteiger partial charge in [0.1, 0.15) is 22.0 Å². The number of aliphatic hydroxyl groups excluding tert-OH is 1. The molecule has 1 unspecified atom stereocenters. The first kappa shape index (κ1) is 23.8. The van der Waals surface area contributed by atoms with E-state index < -0.39 is 34.1 Å². The van der Waals surface area contributed by atoms with Gasteiger partial charge < -0.3 is 14.9 Å². The van der Waals surface area contributed by atoms with Gasteiger partial charge >= 0.3 is 0 Å². The van der Waals surface area contributed by atoms with E-state index in [0.29, 0.717) is 32.1 Å². The molecule has 0 aliphatic heterocycles. The van der Waals surface area contributed by atoms with Crippen molar-refractivity contribution in [2.75, 3.05) is 6.61 Å². The number of rotatable bonds is 5. The van der Waals surface area contributed by atoms with E-state index in [-0.39, 0.29) is 41.0 Å². The molecule has 0 aromatic heterocycles. The molecule has 3 fully saturated rings. The Bertz CT molecular complexity index is 816. The first-order chi connectivity index (χ1) is 14.4. The number of carbonyl (C=O) groups is 2. The standard InChI is InChI=1S/C24H34FIO5/c1-4-20(26)31-13-19(29)23(30)10-8-16-17-6-5-14-11-15(27)7-9-21(14,2)24(17,25)18(28)12-22(16,23)3/h11,16-18,20,28,30H,4-10,12-13H2,1-3H3/t16-,17-,18-,20?,21-,22-,23-,24-/m0/s1.